The fourth-order valence-electron chi connectivity index (χ4n) is 1.07. The molecule has 0 spiro atoms. The minimum Gasteiger partial charge on any atom is -0.377 e. The van der Waals surface area contributed by atoms with E-state index in [9.17, 15) is 4.79 Å². The van der Waals surface area contributed by atoms with Crippen molar-refractivity contribution in [2.45, 2.75) is 33.3 Å². The van der Waals surface area contributed by atoms with E-state index in [1.807, 2.05) is 27.7 Å². The highest BCUT2D eigenvalue weighted by atomic mass is 16.5. The van der Waals surface area contributed by atoms with E-state index in [1.54, 1.807) is 0 Å². The Kier molecular flexibility index (Phi) is 9.03. The lowest BCUT2D eigenvalue weighted by Gasteiger charge is -2.19. The average Bonchev–Trinajstić information content (AvgIpc) is 2.23. The van der Waals surface area contributed by atoms with Crippen molar-refractivity contribution in [2.24, 2.45) is 0 Å². The van der Waals surface area contributed by atoms with Crippen LogP contribution in [0.5, 0.6) is 0 Å². The zero-order valence-corrected chi connectivity index (χ0v) is 11.5. The molecule has 0 aromatic heterocycles. The highest BCUT2D eigenvalue weighted by Crippen LogP contribution is 2.05. The maximum Gasteiger partial charge on any atom is 0.234 e. The highest BCUT2D eigenvalue weighted by Gasteiger charge is 2.08. The summed E-state index contributed by atoms with van der Waals surface area (Å²) in [5.41, 5.74) is -0.122. The van der Waals surface area contributed by atoms with Crippen LogP contribution in [0, 0.1) is 0 Å². The molecule has 0 radical (unpaired) electrons. The largest absolute Gasteiger partial charge is 0.377 e. The summed E-state index contributed by atoms with van der Waals surface area (Å²) in [5.74, 6) is 0.00129. The molecule has 102 valence electrons. The number of carbonyl (C=O) groups excluding carboxylic acids is 1. The Morgan fingerprint density at radius 3 is 2.47 bits per heavy atom. The van der Waals surface area contributed by atoms with Gasteiger partial charge in [0.15, 0.2) is 0 Å². The molecular formula is C12H26N2O3. The first-order chi connectivity index (χ1) is 7.95. The molecule has 0 aliphatic carbocycles. The van der Waals surface area contributed by atoms with Gasteiger partial charge in [0, 0.05) is 6.54 Å². The summed E-state index contributed by atoms with van der Waals surface area (Å²) >= 11 is 0. The maximum absolute atomic E-state index is 11.2. The summed E-state index contributed by atoms with van der Waals surface area (Å²) in [6, 6.07) is 0. The molecule has 17 heavy (non-hydrogen) atoms. The molecule has 0 aliphatic heterocycles. The molecule has 0 aromatic rings. The topological polar surface area (TPSA) is 59.6 Å². The van der Waals surface area contributed by atoms with E-state index < -0.39 is 0 Å². The third kappa shape index (κ3) is 13.3. The Bertz CT molecular complexity index is 202. The molecule has 0 fully saturated rings. The SMILES string of the molecule is CCNCC(=O)NCCOCCOC(C)(C)C. The van der Waals surface area contributed by atoms with Crippen LogP contribution in [0.3, 0.4) is 0 Å². The second-order valence-electron chi connectivity index (χ2n) is 4.70. The molecule has 5 heteroatoms. The first-order valence-corrected chi connectivity index (χ1v) is 6.15. The van der Waals surface area contributed by atoms with Crippen LogP contribution in [0.2, 0.25) is 0 Å². The Balaban J connectivity index is 3.21. The molecule has 0 bridgehead atoms. The summed E-state index contributed by atoms with van der Waals surface area (Å²) in [6.45, 7) is 11.3. The van der Waals surface area contributed by atoms with Gasteiger partial charge < -0.3 is 20.1 Å². The Hall–Kier alpha value is -0.650. The minimum atomic E-state index is -0.122. The van der Waals surface area contributed by atoms with Crippen molar-refractivity contribution in [2.75, 3.05) is 39.5 Å². The predicted octanol–water partition coefficient (Wildman–Crippen LogP) is 0.544. The minimum absolute atomic E-state index is 0.00129. The van der Waals surface area contributed by atoms with Crippen LogP contribution in [0.25, 0.3) is 0 Å². The third-order valence-corrected chi connectivity index (χ3v) is 1.87. The van der Waals surface area contributed by atoms with E-state index in [4.69, 9.17) is 9.47 Å². The number of hydrogen-bond donors (Lipinski definition) is 2. The molecule has 0 rings (SSSR count). The van der Waals surface area contributed by atoms with Gasteiger partial charge in [0.25, 0.3) is 0 Å². The van der Waals surface area contributed by atoms with Gasteiger partial charge in [-0.15, -0.1) is 0 Å². The number of carbonyl (C=O) groups is 1. The molecule has 0 unspecified atom stereocenters. The van der Waals surface area contributed by atoms with Gasteiger partial charge in [-0.2, -0.15) is 0 Å². The Morgan fingerprint density at radius 2 is 1.88 bits per heavy atom. The van der Waals surface area contributed by atoms with Crippen molar-refractivity contribution < 1.29 is 14.3 Å². The molecule has 0 aromatic carbocycles. The van der Waals surface area contributed by atoms with E-state index in [0.29, 0.717) is 32.9 Å². The van der Waals surface area contributed by atoms with E-state index in [-0.39, 0.29) is 11.5 Å². The summed E-state index contributed by atoms with van der Waals surface area (Å²) in [4.78, 5) is 11.2. The van der Waals surface area contributed by atoms with Crippen molar-refractivity contribution in [3.8, 4) is 0 Å². The monoisotopic (exact) mass is 246 g/mol. The van der Waals surface area contributed by atoms with E-state index in [0.717, 1.165) is 6.54 Å². The number of likely N-dealkylation sites (N-methyl/N-ethyl adjacent to an activating group) is 1. The highest BCUT2D eigenvalue weighted by molar-refractivity contribution is 5.77. The van der Waals surface area contributed by atoms with Crippen LogP contribution in [0.4, 0.5) is 0 Å². The first-order valence-electron chi connectivity index (χ1n) is 6.15. The van der Waals surface area contributed by atoms with E-state index >= 15 is 0 Å². The summed E-state index contributed by atoms with van der Waals surface area (Å²) in [5, 5.41) is 5.71. The number of hydrogen-bond acceptors (Lipinski definition) is 4. The number of nitrogens with one attached hydrogen (secondary N) is 2. The summed E-state index contributed by atoms with van der Waals surface area (Å²) in [7, 11) is 0. The lowest BCUT2D eigenvalue weighted by atomic mass is 10.2. The fraction of sp³-hybridized carbons (Fsp3) is 0.917. The zero-order chi connectivity index (χ0) is 13.1. The molecule has 0 saturated heterocycles. The van der Waals surface area contributed by atoms with Gasteiger partial charge in [-0.3, -0.25) is 4.79 Å². The van der Waals surface area contributed by atoms with Gasteiger partial charge in [0.05, 0.1) is 32.0 Å². The van der Waals surface area contributed by atoms with E-state index in [1.165, 1.54) is 0 Å². The van der Waals surface area contributed by atoms with Gasteiger partial charge in [0.1, 0.15) is 0 Å². The van der Waals surface area contributed by atoms with Crippen LogP contribution < -0.4 is 10.6 Å². The summed E-state index contributed by atoms with van der Waals surface area (Å²) < 4.78 is 10.8. The maximum atomic E-state index is 11.2. The Morgan fingerprint density at radius 1 is 1.18 bits per heavy atom. The van der Waals surface area contributed by atoms with Crippen molar-refractivity contribution in [3.05, 3.63) is 0 Å². The summed E-state index contributed by atoms with van der Waals surface area (Å²) in [6.07, 6.45) is 0. The van der Waals surface area contributed by atoms with Gasteiger partial charge in [-0.25, -0.2) is 0 Å². The lowest BCUT2D eigenvalue weighted by molar-refractivity contribution is -0.120. The number of rotatable bonds is 9. The molecular weight excluding hydrogens is 220 g/mol. The molecule has 0 heterocycles. The van der Waals surface area contributed by atoms with Crippen LogP contribution in [-0.4, -0.2) is 51.0 Å². The predicted molar refractivity (Wildman–Crippen MR) is 68.1 cm³/mol. The van der Waals surface area contributed by atoms with Crippen molar-refractivity contribution in [3.63, 3.8) is 0 Å². The van der Waals surface area contributed by atoms with Crippen molar-refractivity contribution in [1.82, 2.24) is 10.6 Å². The number of ether oxygens (including phenoxy) is 2. The fourth-order valence-corrected chi connectivity index (χ4v) is 1.07. The first kappa shape index (κ1) is 16.4. The molecule has 0 saturated carbocycles. The third-order valence-electron chi connectivity index (χ3n) is 1.87. The van der Waals surface area contributed by atoms with E-state index in [2.05, 4.69) is 10.6 Å². The van der Waals surface area contributed by atoms with Gasteiger partial charge in [-0.1, -0.05) is 6.92 Å². The van der Waals surface area contributed by atoms with Crippen LogP contribution >= 0.6 is 0 Å². The van der Waals surface area contributed by atoms with Crippen molar-refractivity contribution >= 4 is 5.91 Å². The van der Waals surface area contributed by atoms with Crippen LogP contribution in [-0.2, 0) is 14.3 Å². The second kappa shape index (κ2) is 9.39. The smallest absolute Gasteiger partial charge is 0.234 e. The van der Waals surface area contributed by atoms with Gasteiger partial charge >= 0.3 is 0 Å². The Labute approximate surface area is 104 Å². The van der Waals surface area contributed by atoms with Gasteiger partial charge in [-0.05, 0) is 27.3 Å². The average molecular weight is 246 g/mol. The molecule has 1 amide bonds. The zero-order valence-electron chi connectivity index (χ0n) is 11.5. The quantitative estimate of drug-likeness (QED) is 0.583. The lowest BCUT2D eigenvalue weighted by Crippen LogP contribution is -2.35. The molecule has 5 nitrogen and oxygen atoms in total. The molecule has 2 N–H and O–H groups in total. The molecule has 0 atom stereocenters. The normalized spacial score (nSPS) is 11.5. The molecule has 0 aliphatic rings. The number of amides is 1. The van der Waals surface area contributed by atoms with Crippen molar-refractivity contribution in [1.29, 1.82) is 0 Å². The van der Waals surface area contributed by atoms with Crippen LogP contribution in [0.1, 0.15) is 27.7 Å². The van der Waals surface area contributed by atoms with Gasteiger partial charge in [0.2, 0.25) is 5.91 Å². The standard InChI is InChI=1S/C12H26N2O3/c1-5-13-10-11(15)14-6-7-16-8-9-17-12(2,3)4/h13H,5-10H2,1-4H3,(H,14,15). The second-order valence-corrected chi connectivity index (χ2v) is 4.70. The van der Waals surface area contributed by atoms with Crippen LogP contribution in [0.15, 0.2) is 0 Å².